The predicted octanol–water partition coefficient (Wildman–Crippen LogP) is 4.00. The number of hydrogen-bond acceptors (Lipinski definition) is 2. The smallest absolute Gasteiger partial charge is 0.0303 e. The van der Waals surface area contributed by atoms with Gasteiger partial charge in [-0.2, -0.15) is 11.8 Å². The third-order valence-corrected chi connectivity index (χ3v) is 5.17. The average Bonchev–Trinajstić information content (AvgIpc) is 2.79. The number of rotatable bonds is 4. The standard InChI is InChI=1S/C13H18BrNS/c1-10(12-6-2-3-7-13(12)14)15-9-11-5-4-8-16-11/h2-3,6-7,10-11,15H,4-5,8-9H2,1H3. The van der Waals surface area contributed by atoms with Gasteiger partial charge >= 0.3 is 0 Å². The molecule has 1 N–H and O–H groups in total. The van der Waals surface area contributed by atoms with Gasteiger partial charge in [-0.25, -0.2) is 0 Å². The molecule has 0 radical (unpaired) electrons. The predicted molar refractivity (Wildman–Crippen MR) is 76.0 cm³/mol. The van der Waals surface area contributed by atoms with Gasteiger partial charge in [0.25, 0.3) is 0 Å². The van der Waals surface area contributed by atoms with E-state index in [9.17, 15) is 0 Å². The van der Waals surface area contributed by atoms with Crippen LogP contribution in [-0.4, -0.2) is 17.5 Å². The normalized spacial score (nSPS) is 22.2. The molecule has 1 aromatic carbocycles. The van der Waals surface area contributed by atoms with E-state index < -0.39 is 0 Å². The Morgan fingerprint density at radius 1 is 1.50 bits per heavy atom. The summed E-state index contributed by atoms with van der Waals surface area (Å²) in [4.78, 5) is 0. The third kappa shape index (κ3) is 3.25. The summed E-state index contributed by atoms with van der Waals surface area (Å²) in [6, 6.07) is 8.88. The summed E-state index contributed by atoms with van der Waals surface area (Å²) in [5, 5.41) is 4.45. The van der Waals surface area contributed by atoms with Gasteiger partial charge in [-0.1, -0.05) is 34.1 Å². The molecule has 0 saturated carbocycles. The number of thioether (sulfide) groups is 1. The van der Waals surface area contributed by atoms with Crippen LogP contribution in [0.4, 0.5) is 0 Å². The molecule has 1 aromatic rings. The van der Waals surface area contributed by atoms with Crippen LogP contribution < -0.4 is 5.32 Å². The minimum atomic E-state index is 0.428. The molecular formula is C13H18BrNS. The second-order valence-corrected chi connectivity index (χ2v) is 6.55. The lowest BCUT2D eigenvalue weighted by molar-refractivity contribution is 0.558. The Kier molecular flexibility index (Phi) is 4.74. The third-order valence-electron chi connectivity index (χ3n) is 3.05. The highest BCUT2D eigenvalue weighted by atomic mass is 79.9. The fourth-order valence-corrected chi connectivity index (χ4v) is 3.89. The highest BCUT2D eigenvalue weighted by Crippen LogP contribution is 2.27. The molecule has 0 spiro atoms. The van der Waals surface area contributed by atoms with E-state index in [1.165, 1.54) is 28.6 Å². The van der Waals surface area contributed by atoms with Crippen molar-refractivity contribution in [3.05, 3.63) is 34.3 Å². The molecule has 0 amide bonds. The second-order valence-electron chi connectivity index (χ2n) is 4.29. The van der Waals surface area contributed by atoms with E-state index in [0.29, 0.717) is 6.04 Å². The minimum absolute atomic E-state index is 0.428. The van der Waals surface area contributed by atoms with Crippen LogP contribution in [0.15, 0.2) is 28.7 Å². The van der Waals surface area contributed by atoms with Crippen LogP contribution in [0.25, 0.3) is 0 Å². The lowest BCUT2D eigenvalue weighted by atomic mass is 10.1. The zero-order valence-corrected chi connectivity index (χ0v) is 12.0. The molecule has 0 aliphatic carbocycles. The first-order valence-electron chi connectivity index (χ1n) is 5.87. The lowest BCUT2D eigenvalue weighted by Gasteiger charge is -2.18. The summed E-state index contributed by atoms with van der Waals surface area (Å²) in [5.41, 5.74) is 1.35. The molecular weight excluding hydrogens is 282 g/mol. The van der Waals surface area contributed by atoms with Gasteiger partial charge in [0.15, 0.2) is 0 Å². The topological polar surface area (TPSA) is 12.0 Å². The molecule has 1 fully saturated rings. The zero-order valence-electron chi connectivity index (χ0n) is 9.58. The quantitative estimate of drug-likeness (QED) is 0.902. The maximum absolute atomic E-state index is 3.63. The fourth-order valence-electron chi connectivity index (χ4n) is 2.05. The second kappa shape index (κ2) is 6.08. The van der Waals surface area contributed by atoms with Crippen LogP contribution in [0.3, 0.4) is 0 Å². The molecule has 16 heavy (non-hydrogen) atoms. The molecule has 1 aliphatic rings. The Balaban J connectivity index is 1.87. The molecule has 1 aliphatic heterocycles. The summed E-state index contributed by atoms with van der Waals surface area (Å²) < 4.78 is 1.20. The van der Waals surface area contributed by atoms with Crippen LogP contribution in [0.5, 0.6) is 0 Å². The van der Waals surface area contributed by atoms with Gasteiger partial charge in [0, 0.05) is 22.3 Å². The first-order chi connectivity index (χ1) is 7.77. The van der Waals surface area contributed by atoms with Crippen molar-refractivity contribution >= 4 is 27.7 Å². The monoisotopic (exact) mass is 299 g/mol. The van der Waals surface area contributed by atoms with Gasteiger partial charge in [0.1, 0.15) is 0 Å². The SMILES string of the molecule is CC(NCC1CCCS1)c1ccccc1Br. The average molecular weight is 300 g/mol. The first-order valence-corrected chi connectivity index (χ1v) is 7.71. The van der Waals surface area contributed by atoms with Crippen molar-refractivity contribution in [3.8, 4) is 0 Å². The van der Waals surface area contributed by atoms with E-state index in [1.807, 2.05) is 0 Å². The van der Waals surface area contributed by atoms with Crippen LogP contribution in [-0.2, 0) is 0 Å². The number of hydrogen-bond donors (Lipinski definition) is 1. The highest BCUT2D eigenvalue weighted by molar-refractivity contribution is 9.10. The molecule has 2 rings (SSSR count). The summed E-state index contributed by atoms with van der Waals surface area (Å²) in [5.74, 6) is 1.34. The Labute approximate surface area is 111 Å². The van der Waals surface area contributed by atoms with Crippen LogP contribution in [0, 0.1) is 0 Å². The van der Waals surface area contributed by atoms with Crippen molar-refractivity contribution in [2.24, 2.45) is 0 Å². The van der Waals surface area contributed by atoms with Gasteiger partial charge in [-0.05, 0) is 37.1 Å². The molecule has 2 unspecified atom stereocenters. The first kappa shape index (κ1) is 12.5. The van der Waals surface area contributed by atoms with Crippen LogP contribution >= 0.6 is 27.7 Å². The van der Waals surface area contributed by atoms with Gasteiger partial charge in [0.2, 0.25) is 0 Å². The van der Waals surface area contributed by atoms with Gasteiger partial charge in [0.05, 0.1) is 0 Å². The molecule has 3 heteroatoms. The van der Waals surface area contributed by atoms with Crippen molar-refractivity contribution < 1.29 is 0 Å². The molecule has 1 heterocycles. The molecule has 1 nitrogen and oxygen atoms in total. The van der Waals surface area contributed by atoms with Gasteiger partial charge < -0.3 is 5.32 Å². The number of nitrogens with one attached hydrogen (secondary N) is 1. The van der Waals surface area contributed by atoms with E-state index >= 15 is 0 Å². The van der Waals surface area contributed by atoms with E-state index in [2.05, 4.69) is 64.2 Å². The van der Waals surface area contributed by atoms with E-state index in [0.717, 1.165) is 11.8 Å². The van der Waals surface area contributed by atoms with Crippen LogP contribution in [0.2, 0.25) is 0 Å². The Hall–Kier alpha value is 0.01000. The van der Waals surface area contributed by atoms with E-state index in [-0.39, 0.29) is 0 Å². The van der Waals surface area contributed by atoms with Crippen molar-refractivity contribution in [2.45, 2.75) is 31.1 Å². The Morgan fingerprint density at radius 3 is 3.00 bits per heavy atom. The van der Waals surface area contributed by atoms with Crippen molar-refractivity contribution in [2.75, 3.05) is 12.3 Å². The Morgan fingerprint density at radius 2 is 2.31 bits per heavy atom. The summed E-state index contributed by atoms with van der Waals surface area (Å²) in [6.45, 7) is 3.37. The summed E-state index contributed by atoms with van der Waals surface area (Å²) in [7, 11) is 0. The molecule has 0 aromatic heterocycles. The number of halogens is 1. The fraction of sp³-hybridized carbons (Fsp3) is 0.538. The molecule has 2 atom stereocenters. The summed E-state index contributed by atoms with van der Waals surface area (Å²) >= 11 is 5.71. The largest absolute Gasteiger partial charge is 0.309 e. The van der Waals surface area contributed by atoms with Gasteiger partial charge in [-0.15, -0.1) is 0 Å². The van der Waals surface area contributed by atoms with Crippen LogP contribution in [0.1, 0.15) is 31.4 Å². The Bertz CT molecular complexity index is 336. The van der Waals surface area contributed by atoms with E-state index in [4.69, 9.17) is 0 Å². The minimum Gasteiger partial charge on any atom is -0.309 e. The van der Waals surface area contributed by atoms with Crippen molar-refractivity contribution in [3.63, 3.8) is 0 Å². The van der Waals surface area contributed by atoms with Crippen molar-refractivity contribution in [1.29, 1.82) is 0 Å². The molecule has 88 valence electrons. The number of benzene rings is 1. The van der Waals surface area contributed by atoms with Crippen molar-refractivity contribution in [1.82, 2.24) is 5.32 Å². The zero-order chi connectivity index (χ0) is 11.4. The highest BCUT2D eigenvalue weighted by Gasteiger charge is 2.16. The maximum atomic E-state index is 3.63. The lowest BCUT2D eigenvalue weighted by Crippen LogP contribution is -2.26. The maximum Gasteiger partial charge on any atom is 0.0303 e. The molecule has 0 bridgehead atoms. The molecule has 1 saturated heterocycles. The summed E-state index contributed by atoms with van der Waals surface area (Å²) in [6.07, 6.45) is 2.76. The van der Waals surface area contributed by atoms with Gasteiger partial charge in [-0.3, -0.25) is 0 Å². The van der Waals surface area contributed by atoms with E-state index in [1.54, 1.807) is 0 Å².